The number of thiophene rings is 1. The topological polar surface area (TPSA) is 79.5 Å². The number of sulfonamides is 1. The molecule has 0 spiro atoms. The first-order valence-electron chi connectivity index (χ1n) is 7.43. The summed E-state index contributed by atoms with van der Waals surface area (Å²) in [4.78, 5) is 0.0885. The van der Waals surface area contributed by atoms with E-state index in [4.69, 9.17) is 16.0 Å². The van der Waals surface area contributed by atoms with E-state index in [0.29, 0.717) is 22.1 Å². The standard InChI is InChI=1S/C17H16ClNO4S2/c1-11-13(18)3-2-4-17(11)25(21,22)19-9-14(20)16-6-5-15(23-16)12-7-8-24-10-12/h2-8,10,14,19-20H,9H2,1H3/t14-/m0/s1. The Hall–Kier alpha value is -1.64. The molecule has 0 bridgehead atoms. The van der Waals surface area contributed by atoms with Crippen LogP contribution in [0.2, 0.25) is 5.02 Å². The van der Waals surface area contributed by atoms with Gasteiger partial charge < -0.3 is 9.52 Å². The predicted octanol–water partition coefficient (Wildman–Crippen LogP) is 3.98. The van der Waals surface area contributed by atoms with E-state index in [9.17, 15) is 13.5 Å². The molecule has 0 saturated heterocycles. The van der Waals surface area contributed by atoms with Crippen molar-refractivity contribution < 1.29 is 17.9 Å². The lowest BCUT2D eigenvalue weighted by Gasteiger charge is -2.12. The third kappa shape index (κ3) is 3.96. The number of benzene rings is 1. The van der Waals surface area contributed by atoms with Gasteiger partial charge in [-0.05, 0) is 48.2 Å². The van der Waals surface area contributed by atoms with Gasteiger partial charge in [0.2, 0.25) is 10.0 Å². The molecule has 5 nitrogen and oxygen atoms in total. The lowest BCUT2D eigenvalue weighted by atomic mass is 10.2. The zero-order valence-electron chi connectivity index (χ0n) is 13.3. The van der Waals surface area contributed by atoms with Gasteiger partial charge in [0.25, 0.3) is 0 Å². The Balaban J connectivity index is 1.71. The second-order valence-corrected chi connectivity index (χ2v) is 8.37. The highest BCUT2D eigenvalue weighted by Crippen LogP contribution is 2.27. The van der Waals surface area contributed by atoms with Gasteiger partial charge in [-0.25, -0.2) is 13.1 Å². The van der Waals surface area contributed by atoms with Crippen molar-refractivity contribution in [3.05, 3.63) is 63.5 Å². The highest BCUT2D eigenvalue weighted by atomic mass is 35.5. The molecule has 0 aliphatic carbocycles. The highest BCUT2D eigenvalue weighted by Gasteiger charge is 2.21. The second-order valence-electron chi connectivity index (χ2n) is 5.44. The molecule has 3 rings (SSSR count). The van der Waals surface area contributed by atoms with Crippen LogP contribution in [0, 0.1) is 6.92 Å². The number of hydrogen-bond donors (Lipinski definition) is 2. The molecular weight excluding hydrogens is 382 g/mol. The van der Waals surface area contributed by atoms with Crippen LogP contribution in [0.4, 0.5) is 0 Å². The van der Waals surface area contributed by atoms with Crippen molar-refractivity contribution >= 4 is 33.0 Å². The van der Waals surface area contributed by atoms with Crippen molar-refractivity contribution in [3.63, 3.8) is 0 Å². The molecule has 3 aromatic rings. The van der Waals surface area contributed by atoms with Crippen molar-refractivity contribution in [2.24, 2.45) is 0 Å². The first kappa shape index (κ1) is 18.2. The molecule has 2 heterocycles. The lowest BCUT2D eigenvalue weighted by Crippen LogP contribution is -2.29. The maximum atomic E-state index is 12.4. The molecule has 2 aromatic heterocycles. The molecule has 0 saturated carbocycles. The van der Waals surface area contributed by atoms with Crippen LogP contribution >= 0.6 is 22.9 Å². The molecular formula is C17H16ClNO4S2. The Morgan fingerprint density at radius 2 is 2.08 bits per heavy atom. The lowest BCUT2D eigenvalue weighted by molar-refractivity contribution is 0.155. The summed E-state index contributed by atoms with van der Waals surface area (Å²) in [5.74, 6) is 0.926. The predicted molar refractivity (Wildman–Crippen MR) is 98.4 cm³/mol. The van der Waals surface area contributed by atoms with Crippen molar-refractivity contribution in [1.82, 2.24) is 4.72 Å². The monoisotopic (exact) mass is 397 g/mol. The van der Waals surface area contributed by atoms with Crippen LogP contribution in [-0.4, -0.2) is 20.1 Å². The van der Waals surface area contributed by atoms with Gasteiger partial charge in [-0.2, -0.15) is 11.3 Å². The van der Waals surface area contributed by atoms with E-state index in [1.165, 1.54) is 6.07 Å². The van der Waals surface area contributed by atoms with Gasteiger partial charge in [0, 0.05) is 22.5 Å². The summed E-state index contributed by atoms with van der Waals surface area (Å²) in [5, 5.41) is 14.4. The van der Waals surface area contributed by atoms with E-state index >= 15 is 0 Å². The smallest absolute Gasteiger partial charge is 0.240 e. The van der Waals surface area contributed by atoms with E-state index in [-0.39, 0.29) is 11.4 Å². The number of furan rings is 1. The second kappa shape index (κ2) is 7.31. The van der Waals surface area contributed by atoms with Crippen LogP contribution in [0.3, 0.4) is 0 Å². The molecule has 1 aromatic carbocycles. The summed E-state index contributed by atoms with van der Waals surface area (Å²) < 4.78 is 32.8. The molecule has 1 atom stereocenters. The number of aliphatic hydroxyl groups excluding tert-OH is 1. The van der Waals surface area contributed by atoms with Gasteiger partial charge in [-0.15, -0.1) is 0 Å². The molecule has 25 heavy (non-hydrogen) atoms. The number of rotatable bonds is 6. The Bertz CT molecular complexity index is 964. The molecule has 8 heteroatoms. The van der Waals surface area contributed by atoms with Gasteiger partial charge >= 0.3 is 0 Å². The molecule has 0 fully saturated rings. The van der Waals surface area contributed by atoms with Crippen LogP contribution in [0.1, 0.15) is 17.4 Å². The first-order chi connectivity index (χ1) is 11.9. The summed E-state index contributed by atoms with van der Waals surface area (Å²) in [6.07, 6.45) is -1.10. The average Bonchev–Trinajstić information content (AvgIpc) is 3.26. The molecule has 132 valence electrons. The SMILES string of the molecule is Cc1c(Cl)cccc1S(=O)(=O)NC[C@H](O)c1ccc(-c2ccsc2)o1. The van der Waals surface area contributed by atoms with E-state index < -0.39 is 16.1 Å². The maximum absolute atomic E-state index is 12.4. The van der Waals surface area contributed by atoms with E-state index in [0.717, 1.165) is 5.56 Å². The van der Waals surface area contributed by atoms with Crippen LogP contribution in [0.25, 0.3) is 11.3 Å². The fraction of sp³-hybridized carbons (Fsp3) is 0.176. The van der Waals surface area contributed by atoms with Crippen LogP contribution in [-0.2, 0) is 10.0 Å². The molecule has 0 radical (unpaired) electrons. The summed E-state index contributed by atoms with van der Waals surface area (Å²) in [6.45, 7) is 1.43. The fourth-order valence-corrected chi connectivity index (χ4v) is 4.52. The van der Waals surface area contributed by atoms with E-state index in [2.05, 4.69) is 4.72 Å². The Morgan fingerprint density at radius 1 is 1.28 bits per heavy atom. The Morgan fingerprint density at radius 3 is 2.80 bits per heavy atom. The largest absolute Gasteiger partial charge is 0.458 e. The van der Waals surface area contributed by atoms with Gasteiger partial charge in [0.15, 0.2) is 0 Å². The van der Waals surface area contributed by atoms with Crippen molar-refractivity contribution in [2.45, 2.75) is 17.9 Å². The minimum Gasteiger partial charge on any atom is -0.458 e. The van der Waals surface area contributed by atoms with Crippen molar-refractivity contribution in [1.29, 1.82) is 0 Å². The summed E-state index contributed by atoms with van der Waals surface area (Å²) in [6, 6.07) is 9.95. The number of aliphatic hydroxyl groups is 1. The van der Waals surface area contributed by atoms with Crippen molar-refractivity contribution in [3.8, 4) is 11.3 Å². The minimum atomic E-state index is -3.79. The minimum absolute atomic E-state index is 0.0885. The van der Waals surface area contributed by atoms with Gasteiger partial charge in [-0.3, -0.25) is 0 Å². The normalized spacial score (nSPS) is 13.1. The molecule has 0 aliphatic heterocycles. The third-order valence-electron chi connectivity index (χ3n) is 3.74. The van der Waals surface area contributed by atoms with E-state index in [1.54, 1.807) is 42.5 Å². The quantitative estimate of drug-likeness (QED) is 0.659. The molecule has 0 aliphatic rings. The summed E-state index contributed by atoms with van der Waals surface area (Å²) >= 11 is 7.52. The van der Waals surface area contributed by atoms with Crippen LogP contribution in [0.15, 0.2) is 56.5 Å². The van der Waals surface area contributed by atoms with Gasteiger partial charge in [0.1, 0.15) is 17.6 Å². The average molecular weight is 398 g/mol. The molecule has 0 amide bonds. The fourth-order valence-electron chi connectivity index (χ4n) is 2.34. The van der Waals surface area contributed by atoms with Crippen LogP contribution < -0.4 is 4.72 Å². The van der Waals surface area contributed by atoms with Crippen LogP contribution in [0.5, 0.6) is 0 Å². The number of nitrogens with one attached hydrogen (secondary N) is 1. The van der Waals surface area contributed by atoms with Gasteiger partial charge in [-0.1, -0.05) is 17.7 Å². The summed E-state index contributed by atoms with van der Waals surface area (Å²) in [7, 11) is -3.79. The Labute approximate surface area is 154 Å². The zero-order valence-corrected chi connectivity index (χ0v) is 15.7. The molecule has 0 unspecified atom stereocenters. The highest BCUT2D eigenvalue weighted by molar-refractivity contribution is 7.89. The van der Waals surface area contributed by atoms with Crippen molar-refractivity contribution in [2.75, 3.05) is 6.54 Å². The maximum Gasteiger partial charge on any atom is 0.240 e. The summed E-state index contributed by atoms with van der Waals surface area (Å²) in [5.41, 5.74) is 1.38. The third-order valence-corrected chi connectivity index (χ3v) is 6.40. The Kier molecular flexibility index (Phi) is 5.31. The number of hydrogen-bond acceptors (Lipinski definition) is 5. The van der Waals surface area contributed by atoms with E-state index in [1.807, 2.05) is 16.8 Å². The van der Waals surface area contributed by atoms with Gasteiger partial charge in [0.05, 0.1) is 4.90 Å². The number of halogens is 1. The molecule has 2 N–H and O–H groups in total. The zero-order chi connectivity index (χ0) is 18.0. The first-order valence-corrected chi connectivity index (χ1v) is 10.2.